The number of para-hydroxylation sites is 1. The largest absolute Gasteiger partial charge is 0.491 e. The van der Waals surface area contributed by atoms with Gasteiger partial charge in [-0.1, -0.05) is 35.1 Å². The van der Waals surface area contributed by atoms with Crippen molar-refractivity contribution in [3.63, 3.8) is 0 Å². The molecule has 0 aliphatic carbocycles. The number of hydrogen-bond acceptors (Lipinski definition) is 12. The molecule has 5 rings (SSSR count). The molecule has 2 N–H and O–H groups in total. The van der Waals surface area contributed by atoms with Gasteiger partial charge in [0.15, 0.2) is 16.7 Å². The number of amides is 1. The fourth-order valence-corrected chi connectivity index (χ4v) is 4.95. The van der Waals surface area contributed by atoms with Crippen molar-refractivity contribution < 1.29 is 9.53 Å². The van der Waals surface area contributed by atoms with Gasteiger partial charge in [-0.2, -0.15) is 15.0 Å². The van der Waals surface area contributed by atoms with Gasteiger partial charge >= 0.3 is 0 Å². The van der Waals surface area contributed by atoms with Crippen molar-refractivity contribution in [3.8, 4) is 5.75 Å². The topological polar surface area (TPSA) is 134 Å². The first kappa shape index (κ1) is 25.5. The Morgan fingerprint density at radius 3 is 2.61 bits per heavy atom. The van der Waals surface area contributed by atoms with Crippen LogP contribution in [0.5, 0.6) is 5.75 Å². The van der Waals surface area contributed by atoms with Crippen LogP contribution < -0.4 is 25.2 Å². The van der Waals surface area contributed by atoms with Crippen LogP contribution in [0, 0.1) is 13.8 Å². The zero-order valence-electron chi connectivity index (χ0n) is 21.0. The molecule has 1 amide bonds. The third-order valence-electron chi connectivity index (χ3n) is 5.88. The van der Waals surface area contributed by atoms with E-state index in [1.165, 1.54) is 23.9 Å². The standard InChI is InChI=1S/C24H25ClN10O2S/c1-14-5-4-6-16(25)19(14)31-21(36)18-12-27-24(38-18)33-22-29-15(2)30-23(32-22)35-9-7-34(8-10-35)20-17(37-3)11-26-13-28-20/h4-6,11-13H,7-10H2,1-3H3,(H,31,36)(H,27,29,30,32,33). The number of rotatable bonds is 7. The summed E-state index contributed by atoms with van der Waals surface area (Å²) >= 11 is 7.43. The van der Waals surface area contributed by atoms with Crippen molar-refractivity contribution in [2.24, 2.45) is 0 Å². The van der Waals surface area contributed by atoms with Crippen molar-refractivity contribution in [2.45, 2.75) is 13.8 Å². The first-order valence-corrected chi connectivity index (χ1v) is 13.0. The molecule has 3 aromatic heterocycles. The summed E-state index contributed by atoms with van der Waals surface area (Å²) in [5.74, 6) is 2.61. The minimum atomic E-state index is -0.294. The summed E-state index contributed by atoms with van der Waals surface area (Å²) in [5.41, 5.74) is 1.46. The first-order chi connectivity index (χ1) is 18.4. The molecule has 1 fully saturated rings. The van der Waals surface area contributed by atoms with Crippen LogP contribution in [0.25, 0.3) is 0 Å². The van der Waals surface area contributed by atoms with Gasteiger partial charge in [0, 0.05) is 26.2 Å². The van der Waals surface area contributed by atoms with Gasteiger partial charge in [0.25, 0.3) is 5.91 Å². The van der Waals surface area contributed by atoms with Crippen molar-refractivity contribution in [3.05, 3.63) is 58.2 Å². The Balaban J connectivity index is 1.25. The van der Waals surface area contributed by atoms with Crippen LogP contribution in [-0.4, -0.2) is 69.1 Å². The zero-order chi connectivity index (χ0) is 26.6. The predicted octanol–water partition coefficient (Wildman–Crippen LogP) is 3.72. The van der Waals surface area contributed by atoms with Crippen molar-refractivity contribution in [2.75, 3.05) is 53.7 Å². The maximum Gasteiger partial charge on any atom is 0.267 e. The van der Waals surface area contributed by atoms with Gasteiger partial charge in [-0.3, -0.25) is 10.1 Å². The average molecular weight is 553 g/mol. The van der Waals surface area contributed by atoms with Gasteiger partial charge in [-0.15, -0.1) is 0 Å². The molecule has 196 valence electrons. The number of piperazine rings is 1. The highest BCUT2D eigenvalue weighted by Crippen LogP contribution is 2.28. The molecule has 0 spiro atoms. The van der Waals surface area contributed by atoms with Crippen LogP contribution in [0.4, 0.5) is 28.5 Å². The summed E-state index contributed by atoms with van der Waals surface area (Å²) in [5, 5.41) is 6.93. The van der Waals surface area contributed by atoms with Crippen LogP contribution >= 0.6 is 22.9 Å². The summed E-state index contributed by atoms with van der Waals surface area (Å²) in [7, 11) is 1.61. The lowest BCUT2D eigenvalue weighted by molar-refractivity contribution is 0.103. The molecule has 0 radical (unpaired) electrons. The Morgan fingerprint density at radius 2 is 1.84 bits per heavy atom. The minimum Gasteiger partial charge on any atom is -0.491 e. The number of carbonyl (C=O) groups excluding carboxylic acids is 1. The maximum atomic E-state index is 12.8. The maximum absolute atomic E-state index is 12.8. The molecule has 12 nitrogen and oxygen atoms in total. The molecule has 1 aliphatic heterocycles. The molecule has 4 heterocycles. The number of ether oxygens (including phenoxy) is 1. The molecule has 0 atom stereocenters. The molecule has 1 aromatic carbocycles. The van der Waals surface area contributed by atoms with Gasteiger partial charge in [0.1, 0.15) is 17.0 Å². The highest BCUT2D eigenvalue weighted by Gasteiger charge is 2.23. The zero-order valence-corrected chi connectivity index (χ0v) is 22.5. The van der Waals surface area contributed by atoms with Gasteiger partial charge in [0.2, 0.25) is 11.9 Å². The number of nitrogens with one attached hydrogen (secondary N) is 2. The lowest BCUT2D eigenvalue weighted by Crippen LogP contribution is -2.47. The number of aromatic nitrogens is 6. The van der Waals surface area contributed by atoms with E-state index in [4.69, 9.17) is 16.3 Å². The Bertz CT molecular complexity index is 1440. The van der Waals surface area contributed by atoms with Gasteiger partial charge < -0.3 is 19.9 Å². The number of halogens is 1. The monoisotopic (exact) mass is 552 g/mol. The van der Waals surface area contributed by atoms with E-state index in [1.807, 2.05) is 26.0 Å². The minimum absolute atomic E-state index is 0.294. The molecule has 1 aliphatic rings. The van der Waals surface area contributed by atoms with Crippen molar-refractivity contribution in [1.29, 1.82) is 0 Å². The second-order valence-corrected chi connectivity index (χ2v) is 9.87. The summed E-state index contributed by atoms with van der Waals surface area (Å²) < 4.78 is 5.40. The molecule has 14 heteroatoms. The number of nitrogens with zero attached hydrogens (tertiary/aromatic N) is 8. The van der Waals surface area contributed by atoms with E-state index in [1.54, 1.807) is 19.4 Å². The van der Waals surface area contributed by atoms with Gasteiger partial charge in [-0.25, -0.2) is 15.0 Å². The molecule has 38 heavy (non-hydrogen) atoms. The van der Waals surface area contributed by atoms with E-state index >= 15 is 0 Å². The molecule has 1 saturated heterocycles. The third kappa shape index (κ3) is 5.58. The molecular weight excluding hydrogens is 528 g/mol. The quantitative estimate of drug-likeness (QED) is 0.347. The Morgan fingerprint density at radius 1 is 1.05 bits per heavy atom. The highest BCUT2D eigenvalue weighted by atomic mass is 35.5. The second-order valence-electron chi connectivity index (χ2n) is 8.44. The number of aryl methyl sites for hydroxylation is 2. The summed E-state index contributed by atoms with van der Waals surface area (Å²) in [6.45, 7) is 6.52. The van der Waals surface area contributed by atoms with Crippen LogP contribution in [0.3, 0.4) is 0 Å². The number of anilines is 5. The fourth-order valence-electron chi connectivity index (χ4n) is 3.97. The molecule has 0 bridgehead atoms. The van der Waals surface area contributed by atoms with Gasteiger partial charge in [0.05, 0.1) is 30.2 Å². The molecule has 0 unspecified atom stereocenters. The molecule has 4 aromatic rings. The van der Waals surface area contributed by atoms with E-state index in [-0.39, 0.29) is 5.91 Å². The predicted molar refractivity (Wildman–Crippen MR) is 147 cm³/mol. The van der Waals surface area contributed by atoms with E-state index in [9.17, 15) is 4.79 Å². The molecule has 0 saturated carbocycles. The van der Waals surface area contributed by atoms with E-state index < -0.39 is 0 Å². The molecular formula is C24H25ClN10O2S. The fraction of sp³-hybridized carbons (Fsp3) is 0.292. The Kier molecular flexibility index (Phi) is 7.47. The Labute approximate surface area is 228 Å². The number of hydrogen-bond donors (Lipinski definition) is 2. The SMILES string of the molecule is COc1cncnc1N1CCN(c2nc(C)nc(Nc3ncc(C(=O)Nc4c(C)cccc4Cl)s3)n2)CC1. The summed E-state index contributed by atoms with van der Waals surface area (Å²) in [6.07, 6.45) is 4.68. The van der Waals surface area contributed by atoms with E-state index in [0.29, 0.717) is 57.3 Å². The Hall–Kier alpha value is -4.10. The normalized spacial score (nSPS) is 13.4. The number of methoxy groups -OCH3 is 1. The second kappa shape index (κ2) is 11.1. The highest BCUT2D eigenvalue weighted by molar-refractivity contribution is 7.17. The van der Waals surface area contributed by atoms with Gasteiger partial charge in [-0.05, 0) is 25.5 Å². The summed E-state index contributed by atoms with van der Waals surface area (Å²) in [4.78, 5) is 43.7. The van der Waals surface area contributed by atoms with E-state index in [0.717, 1.165) is 24.5 Å². The third-order valence-corrected chi connectivity index (χ3v) is 7.11. The summed E-state index contributed by atoms with van der Waals surface area (Å²) in [6, 6.07) is 5.45. The van der Waals surface area contributed by atoms with Crippen LogP contribution in [-0.2, 0) is 0 Å². The van der Waals surface area contributed by atoms with Crippen molar-refractivity contribution >= 4 is 57.4 Å². The van der Waals surface area contributed by atoms with E-state index in [2.05, 4.69) is 50.3 Å². The lowest BCUT2D eigenvalue weighted by Gasteiger charge is -2.35. The average Bonchev–Trinajstić information content (AvgIpc) is 3.39. The first-order valence-electron chi connectivity index (χ1n) is 11.8. The van der Waals surface area contributed by atoms with Crippen LogP contribution in [0.2, 0.25) is 5.02 Å². The lowest BCUT2D eigenvalue weighted by atomic mass is 10.2. The number of carbonyl (C=O) groups is 1. The number of thiazole rings is 1. The smallest absolute Gasteiger partial charge is 0.267 e. The van der Waals surface area contributed by atoms with Crippen molar-refractivity contribution in [1.82, 2.24) is 29.9 Å². The number of benzene rings is 1. The van der Waals surface area contributed by atoms with Crippen LogP contribution in [0.1, 0.15) is 21.1 Å². The van der Waals surface area contributed by atoms with Crippen LogP contribution in [0.15, 0.2) is 36.9 Å².